The third-order valence-electron chi connectivity index (χ3n) is 5.35. The van der Waals surface area contributed by atoms with Gasteiger partial charge in [0.05, 0.1) is 6.61 Å². The van der Waals surface area contributed by atoms with Crippen LogP contribution in [0, 0.1) is 0 Å². The fourth-order valence-electron chi connectivity index (χ4n) is 3.72. The molecule has 11 heteroatoms. The average Bonchev–Trinajstić information content (AvgIpc) is 2.84. The third-order valence-corrected chi connectivity index (χ3v) is 5.35. The van der Waals surface area contributed by atoms with Crippen molar-refractivity contribution in [2.45, 2.75) is 57.8 Å². The van der Waals surface area contributed by atoms with Gasteiger partial charge in [-0.25, -0.2) is 4.79 Å². The molecule has 0 fully saturated rings. The monoisotopic (exact) mass is 528 g/mol. The predicted molar refractivity (Wildman–Crippen MR) is 140 cm³/mol. The summed E-state index contributed by atoms with van der Waals surface area (Å²) in [7, 11) is 0. The van der Waals surface area contributed by atoms with Crippen LogP contribution in [0.4, 0.5) is 4.79 Å². The summed E-state index contributed by atoms with van der Waals surface area (Å²) in [5, 5.41) is 25.1. The van der Waals surface area contributed by atoms with Gasteiger partial charge >= 0.3 is 6.09 Å². The number of alkyl carbamates (subject to hydrolysis) is 1. The van der Waals surface area contributed by atoms with Crippen molar-refractivity contribution in [1.29, 1.82) is 0 Å². The minimum atomic E-state index is -1.29. The summed E-state index contributed by atoms with van der Waals surface area (Å²) in [5.41, 5.74) is 5.53. The molecule has 0 saturated carbocycles. The Kier molecular flexibility index (Phi) is 11.1. The number of phenolic OH excluding ortho intramolecular Hbond substituents is 1. The predicted octanol–water partition coefficient (Wildman–Crippen LogP) is 1.73. The van der Waals surface area contributed by atoms with E-state index in [4.69, 9.17) is 10.5 Å². The summed E-state index contributed by atoms with van der Waals surface area (Å²) in [6, 6.07) is 12.4. The topological polar surface area (TPSA) is 171 Å². The van der Waals surface area contributed by atoms with Gasteiger partial charge in [-0.2, -0.15) is 0 Å². The summed E-state index contributed by atoms with van der Waals surface area (Å²) in [4.78, 5) is 52.3. The number of aromatic hydroxyl groups is 1. The Balaban J connectivity index is 2.43. The molecule has 2 aromatic carbocycles. The number of nitrogens with zero attached hydrogens (tertiary/aromatic N) is 1. The van der Waals surface area contributed by atoms with Gasteiger partial charge in [-0.05, 0) is 50.5 Å². The molecule has 0 bridgehead atoms. The number of nitrogens with one attached hydrogen (secondary N) is 2. The van der Waals surface area contributed by atoms with E-state index < -0.39 is 48.1 Å². The Morgan fingerprint density at radius 2 is 1.74 bits per heavy atom. The maximum absolute atomic E-state index is 13.8. The molecule has 2 unspecified atom stereocenters. The van der Waals surface area contributed by atoms with E-state index in [1.165, 1.54) is 18.2 Å². The molecule has 0 aliphatic carbocycles. The number of ether oxygens (including phenoxy) is 1. The van der Waals surface area contributed by atoms with Crippen molar-refractivity contribution < 1.29 is 34.1 Å². The van der Waals surface area contributed by atoms with E-state index in [1.807, 2.05) is 30.3 Å². The van der Waals surface area contributed by atoms with Gasteiger partial charge in [0.25, 0.3) is 0 Å². The van der Waals surface area contributed by atoms with E-state index >= 15 is 0 Å². The molecular formula is C27H36N4O7. The van der Waals surface area contributed by atoms with Crippen molar-refractivity contribution in [3.63, 3.8) is 0 Å². The molecule has 6 N–H and O–H groups in total. The van der Waals surface area contributed by atoms with Crippen LogP contribution in [0.2, 0.25) is 0 Å². The van der Waals surface area contributed by atoms with Gasteiger partial charge in [-0.15, -0.1) is 0 Å². The average molecular weight is 529 g/mol. The van der Waals surface area contributed by atoms with Crippen LogP contribution in [0.25, 0.3) is 0 Å². The van der Waals surface area contributed by atoms with Gasteiger partial charge in [0.2, 0.25) is 17.7 Å². The first kappa shape index (κ1) is 30.1. The van der Waals surface area contributed by atoms with E-state index in [0.29, 0.717) is 0 Å². The zero-order chi connectivity index (χ0) is 28.3. The van der Waals surface area contributed by atoms with Gasteiger partial charge in [0, 0.05) is 19.5 Å². The highest BCUT2D eigenvalue weighted by Crippen LogP contribution is 2.26. The van der Waals surface area contributed by atoms with E-state index in [1.54, 1.807) is 26.8 Å². The molecule has 206 valence electrons. The van der Waals surface area contributed by atoms with Crippen LogP contribution in [0.3, 0.4) is 0 Å². The van der Waals surface area contributed by atoms with Gasteiger partial charge in [0.15, 0.2) is 0 Å². The molecule has 2 rings (SSSR count). The molecule has 2 atom stereocenters. The van der Waals surface area contributed by atoms with Crippen LogP contribution in [0.15, 0.2) is 54.6 Å². The highest BCUT2D eigenvalue weighted by molar-refractivity contribution is 5.92. The lowest BCUT2D eigenvalue weighted by Gasteiger charge is -2.34. The number of aliphatic hydroxyl groups excluding tert-OH is 1. The Hall–Kier alpha value is -4.12. The Labute approximate surface area is 222 Å². The van der Waals surface area contributed by atoms with Crippen molar-refractivity contribution >= 4 is 23.8 Å². The zero-order valence-corrected chi connectivity index (χ0v) is 21.8. The molecule has 0 radical (unpaired) electrons. The molecule has 38 heavy (non-hydrogen) atoms. The van der Waals surface area contributed by atoms with Gasteiger partial charge in [-0.3, -0.25) is 14.4 Å². The number of carbonyl (C=O) groups is 4. The first-order valence-electron chi connectivity index (χ1n) is 12.2. The second kappa shape index (κ2) is 14.0. The number of amides is 4. The van der Waals surface area contributed by atoms with Crippen molar-refractivity contribution in [3.05, 3.63) is 65.7 Å². The molecule has 0 spiro atoms. The molecular weight excluding hydrogens is 492 g/mol. The minimum Gasteiger partial charge on any atom is -0.508 e. The number of phenols is 1. The van der Waals surface area contributed by atoms with Crippen LogP contribution >= 0.6 is 0 Å². The third kappa shape index (κ3) is 9.74. The highest BCUT2D eigenvalue weighted by Gasteiger charge is 2.36. The number of nitrogens with two attached hydrogens (primary N) is 1. The Morgan fingerprint density at radius 1 is 1.05 bits per heavy atom. The normalized spacial score (nSPS) is 12.6. The van der Waals surface area contributed by atoms with E-state index in [2.05, 4.69) is 10.6 Å². The largest absolute Gasteiger partial charge is 0.508 e. The zero-order valence-electron chi connectivity index (χ0n) is 21.8. The molecule has 2 aromatic rings. The number of primary amides is 1. The molecule has 0 saturated heterocycles. The van der Waals surface area contributed by atoms with Crippen LogP contribution in [-0.2, 0) is 25.7 Å². The van der Waals surface area contributed by atoms with Crippen molar-refractivity contribution in [1.82, 2.24) is 15.5 Å². The van der Waals surface area contributed by atoms with Gasteiger partial charge in [0.1, 0.15) is 23.4 Å². The Bertz CT molecular complexity index is 1100. The first-order chi connectivity index (χ1) is 17.9. The summed E-state index contributed by atoms with van der Waals surface area (Å²) in [6.45, 7) is 4.35. The smallest absolute Gasteiger partial charge is 0.408 e. The molecule has 0 aliphatic heterocycles. The second-order valence-electron chi connectivity index (χ2n) is 9.66. The van der Waals surface area contributed by atoms with Gasteiger partial charge in [-0.1, -0.05) is 42.5 Å². The standard InChI is InChI=1S/C27H36N4O7/c1-27(2,3)38-26(37)30-21(12-13-22(28)34)25(36)31(14-15-32)23(19-10-7-11-20(33)16-19)24(35)29-17-18-8-5-4-6-9-18/h4-11,16,21,23,32-33H,12-15,17H2,1-3H3,(H2,28,34)(H,29,35)(H,30,37). The van der Waals surface area contributed by atoms with E-state index in [0.717, 1.165) is 10.5 Å². The number of hydrogen-bond donors (Lipinski definition) is 5. The molecule has 0 heterocycles. The highest BCUT2D eigenvalue weighted by atomic mass is 16.6. The van der Waals surface area contributed by atoms with Crippen LogP contribution in [0.1, 0.15) is 50.8 Å². The molecule has 0 aliphatic rings. The summed E-state index contributed by atoms with van der Waals surface area (Å²) >= 11 is 0. The molecule has 4 amide bonds. The number of rotatable bonds is 12. The van der Waals surface area contributed by atoms with Crippen molar-refractivity contribution in [3.8, 4) is 5.75 Å². The number of benzene rings is 2. The lowest BCUT2D eigenvalue weighted by molar-refractivity contribution is -0.143. The lowest BCUT2D eigenvalue weighted by Crippen LogP contribution is -2.53. The second-order valence-corrected chi connectivity index (χ2v) is 9.66. The molecule has 11 nitrogen and oxygen atoms in total. The maximum Gasteiger partial charge on any atom is 0.408 e. The number of aliphatic hydroxyl groups is 1. The summed E-state index contributed by atoms with van der Waals surface area (Å²) in [5.74, 6) is -2.13. The first-order valence-corrected chi connectivity index (χ1v) is 12.2. The minimum absolute atomic E-state index is 0.128. The van der Waals surface area contributed by atoms with Crippen LogP contribution in [0.5, 0.6) is 5.75 Å². The van der Waals surface area contributed by atoms with Crippen LogP contribution < -0.4 is 16.4 Å². The fraction of sp³-hybridized carbons (Fsp3) is 0.407. The number of carbonyl (C=O) groups excluding carboxylic acids is 4. The summed E-state index contributed by atoms with van der Waals surface area (Å²) in [6.07, 6.45) is -1.28. The van der Waals surface area contributed by atoms with Crippen molar-refractivity contribution in [2.75, 3.05) is 13.2 Å². The van der Waals surface area contributed by atoms with Crippen LogP contribution in [-0.4, -0.2) is 63.7 Å². The van der Waals surface area contributed by atoms with Crippen molar-refractivity contribution in [2.24, 2.45) is 5.73 Å². The van der Waals surface area contributed by atoms with E-state index in [9.17, 15) is 29.4 Å². The maximum atomic E-state index is 13.8. The Morgan fingerprint density at radius 3 is 2.32 bits per heavy atom. The quantitative estimate of drug-likeness (QED) is 0.279. The summed E-state index contributed by atoms with van der Waals surface area (Å²) < 4.78 is 5.26. The number of hydrogen-bond acceptors (Lipinski definition) is 7. The lowest BCUT2D eigenvalue weighted by atomic mass is 10.0. The fourth-order valence-corrected chi connectivity index (χ4v) is 3.72. The molecule has 0 aromatic heterocycles. The van der Waals surface area contributed by atoms with Gasteiger partial charge < -0.3 is 36.2 Å². The van der Waals surface area contributed by atoms with E-state index in [-0.39, 0.29) is 37.2 Å². The SMILES string of the molecule is CC(C)(C)OC(=O)NC(CCC(N)=O)C(=O)N(CCO)C(C(=O)NCc1ccccc1)c1cccc(O)c1.